The van der Waals surface area contributed by atoms with E-state index in [9.17, 15) is 13.2 Å². The van der Waals surface area contributed by atoms with E-state index in [4.69, 9.17) is 4.74 Å². The van der Waals surface area contributed by atoms with Crippen LogP contribution in [0.1, 0.15) is 24.1 Å². The van der Waals surface area contributed by atoms with Gasteiger partial charge in [0.2, 0.25) is 0 Å². The largest absolute Gasteiger partial charge is 0.467 e. The smallest absolute Gasteiger partial charge is 0.411 e. The van der Waals surface area contributed by atoms with Gasteiger partial charge in [0.25, 0.3) is 0 Å². The highest BCUT2D eigenvalue weighted by Gasteiger charge is 2.27. The lowest BCUT2D eigenvalue weighted by atomic mass is 10.1. The fraction of sp³-hybridized carbons (Fsp3) is 0.538. The number of hydrogen-bond acceptors (Lipinski definition) is 3. The Balaban J connectivity index is 2.51. The topological polar surface area (TPSA) is 30.5 Å². The van der Waals surface area contributed by atoms with Crippen LogP contribution in [0.2, 0.25) is 0 Å². The Morgan fingerprint density at radius 3 is 2.53 bits per heavy atom. The van der Waals surface area contributed by atoms with Gasteiger partial charge in [-0.2, -0.15) is 13.2 Å². The highest BCUT2D eigenvalue weighted by molar-refractivity contribution is 5.37. The molecule has 19 heavy (non-hydrogen) atoms. The molecule has 108 valence electrons. The fourth-order valence-corrected chi connectivity index (χ4v) is 1.53. The highest BCUT2D eigenvalue weighted by Crippen LogP contribution is 2.23. The van der Waals surface area contributed by atoms with Crippen LogP contribution in [0.4, 0.5) is 13.2 Å². The van der Waals surface area contributed by atoms with Crippen LogP contribution in [0.25, 0.3) is 0 Å². The molecule has 0 aromatic heterocycles. The number of hydrogen-bond donors (Lipinski definition) is 1. The van der Waals surface area contributed by atoms with E-state index in [1.807, 2.05) is 33.0 Å². The first-order valence-corrected chi connectivity index (χ1v) is 5.88. The standard InChI is InChI=1S/C13H18F3NO2/c1-9-6-11(10(2)17-3)4-5-12(9)19-8-18-7-13(14,15)16/h4-6,10,17H,7-8H2,1-3H3. The monoisotopic (exact) mass is 277 g/mol. The Labute approximate surface area is 110 Å². The normalized spacial score (nSPS) is 13.4. The lowest BCUT2D eigenvalue weighted by Gasteiger charge is -2.14. The first-order valence-electron chi connectivity index (χ1n) is 5.88. The Hall–Kier alpha value is -1.27. The number of benzene rings is 1. The van der Waals surface area contributed by atoms with E-state index >= 15 is 0 Å². The molecule has 0 spiro atoms. The van der Waals surface area contributed by atoms with Crippen LogP contribution in [-0.2, 0) is 4.74 Å². The van der Waals surface area contributed by atoms with Crippen molar-refractivity contribution < 1.29 is 22.6 Å². The molecule has 0 saturated carbocycles. The first kappa shape index (κ1) is 15.8. The summed E-state index contributed by atoms with van der Waals surface area (Å²) in [6, 6.07) is 5.73. The van der Waals surface area contributed by atoms with Crippen molar-refractivity contribution in [2.24, 2.45) is 0 Å². The van der Waals surface area contributed by atoms with E-state index in [-0.39, 0.29) is 6.04 Å². The second-order valence-electron chi connectivity index (χ2n) is 4.26. The predicted molar refractivity (Wildman–Crippen MR) is 66.2 cm³/mol. The van der Waals surface area contributed by atoms with Gasteiger partial charge in [-0.25, -0.2) is 0 Å². The minimum atomic E-state index is -4.33. The number of rotatable bonds is 6. The zero-order chi connectivity index (χ0) is 14.5. The molecule has 1 atom stereocenters. The van der Waals surface area contributed by atoms with Gasteiger partial charge >= 0.3 is 6.18 Å². The average molecular weight is 277 g/mol. The molecule has 1 unspecified atom stereocenters. The zero-order valence-electron chi connectivity index (χ0n) is 11.2. The summed E-state index contributed by atoms with van der Waals surface area (Å²) in [5.41, 5.74) is 1.94. The van der Waals surface area contributed by atoms with Crippen LogP contribution in [0.3, 0.4) is 0 Å². The van der Waals surface area contributed by atoms with Gasteiger partial charge in [0.05, 0.1) is 0 Å². The summed E-state index contributed by atoms with van der Waals surface area (Å²) in [6.45, 7) is 2.13. The molecule has 0 aliphatic carbocycles. The second kappa shape index (κ2) is 6.77. The maximum atomic E-state index is 11.9. The van der Waals surface area contributed by atoms with Gasteiger partial charge < -0.3 is 14.8 Å². The van der Waals surface area contributed by atoms with E-state index in [0.717, 1.165) is 11.1 Å². The summed E-state index contributed by atoms with van der Waals surface area (Å²) in [7, 11) is 1.86. The minimum Gasteiger partial charge on any atom is -0.467 e. The quantitative estimate of drug-likeness (QED) is 0.640. The van der Waals surface area contributed by atoms with Crippen LogP contribution in [0, 0.1) is 6.92 Å². The van der Waals surface area contributed by atoms with Crippen molar-refractivity contribution in [2.75, 3.05) is 20.4 Å². The van der Waals surface area contributed by atoms with Crippen molar-refractivity contribution in [3.8, 4) is 5.75 Å². The third kappa shape index (κ3) is 5.48. The van der Waals surface area contributed by atoms with E-state index in [2.05, 4.69) is 10.1 Å². The average Bonchev–Trinajstić information content (AvgIpc) is 2.33. The van der Waals surface area contributed by atoms with Crippen molar-refractivity contribution in [3.05, 3.63) is 29.3 Å². The number of nitrogens with one attached hydrogen (secondary N) is 1. The third-order valence-corrected chi connectivity index (χ3v) is 2.70. The number of alkyl halides is 3. The molecule has 1 aromatic rings. The van der Waals surface area contributed by atoms with Gasteiger partial charge in [-0.1, -0.05) is 12.1 Å². The van der Waals surface area contributed by atoms with E-state index in [1.165, 1.54) is 0 Å². The molecule has 1 rings (SSSR count). The molecule has 1 N–H and O–H groups in total. The van der Waals surface area contributed by atoms with E-state index in [1.54, 1.807) is 6.07 Å². The van der Waals surface area contributed by atoms with E-state index in [0.29, 0.717) is 5.75 Å². The van der Waals surface area contributed by atoms with Crippen molar-refractivity contribution in [3.63, 3.8) is 0 Å². The molecule has 0 bridgehead atoms. The van der Waals surface area contributed by atoms with Gasteiger partial charge in [-0.15, -0.1) is 0 Å². The summed E-state index contributed by atoms with van der Waals surface area (Å²) >= 11 is 0. The number of ether oxygens (including phenoxy) is 2. The summed E-state index contributed by atoms with van der Waals surface area (Å²) in [5.74, 6) is 0.522. The minimum absolute atomic E-state index is 0.203. The molecule has 0 fully saturated rings. The molecule has 1 aromatic carbocycles. The first-order chi connectivity index (χ1) is 8.83. The summed E-state index contributed by atoms with van der Waals surface area (Å²) in [6.07, 6.45) is -4.33. The van der Waals surface area contributed by atoms with Gasteiger partial charge in [0, 0.05) is 6.04 Å². The highest BCUT2D eigenvalue weighted by atomic mass is 19.4. The van der Waals surface area contributed by atoms with Gasteiger partial charge in [-0.05, 0) is 38.1 Å². The van der Waals surface area contributed by atoms with Crippen molar-refractivity contribution in [2.45, 2.75) is 26.1 Å². The van der Waals surface area contributed by atoms with Gasteiger partial charge in [0.15, 0.2) is 6.79 Å². The van der Waals surface area contributed by atoms with Crippen LogP contribution in [-0.4, -0.2) is 26.6 Å². The SMILES string of the molecule is CNC(C)c1ccc(OCOCC(F)(F)F)c(C)c1. The van der Waals surface area contributed by atoms with Crippen LogP contribution < -0.4 is 10.1 Å². The molecule has 3 nitrogen and oxygen atoms in total. The molecule has 0 heterocycles. The Kier molecular flexibility index (Phi) is 5.62. The fourth-order valence-electron chi connectivity index (χ4n) is 1.53. The van der Waals surface area contributed by atoms with Crippen molar-refractivity contribution in [1.29, 1.82) is 0 Å². The lowest BCUT2D eigenvalue weighted by Crippen LogP contribution is -2.19. The Morgan fingerprint density at radius 1 is 1.32 bits per heavy atom. The Morgan fingerprint density at radius 2 is 2.00 bits per heavy atom. The predicted octanol–water partition coefficient (Wildman–Crippen LogP) is 3.19. The second-order valence-corrected chi connectivity index (χ2v) is 4.26. The third-order valence-electron chi connectivity index (χ3n) is 2.70. The maximum absolute atomic E-state index is 11.9. The van der Waals surface area contributed by atoms with Crippen LogP contribution in [0.5, 0.6) is 5.75 Å². The van der Waals surface area contributed by atoms with Gasteiger partial charge in [-0.3, -0.25) is 0 Å². The molecule has 0 aliphatic rings. The van der Waals surface area contributed by atoms with Crippen molar-refractivity contribution >= 4 is 0 Å². The summed E-state index contributed by atoms with van der Waals surface area (Å²) in [4.78, 5) is 0. The molecule has 0 aliphatic heterocycles. The molecule has 0 radical (unpaired) electrons. The molecule has 6 heteroatoms. The summed E-state index contributed by atoms with van der Waals surface area (Å²) in [5, 5.41) is 3.11. The molecule has 0 amide bonds. The van der Waals surface area contributed by atoms with Gasteiger partial charge in [0.1, 0.15) is 12.4 Å². The van der Waals surface area contributed by atoms with Crippen LogP contribution in [0.15, 0.2) is 18.2 Å². The van der Waals surface area contributed by atoms with Crippen LogP contribution >= 0.6 is 0 Å². The Bertz CT molecular complexity index is 407. The lowest BCUT2D eigenvalue weighted by molar-refractivity contribution is -0.186. The maximum Gasteiger partial charge on any atom is 0.411 e. The van der Waals surface area contributed by atoms with Crippen molar-refractivity contribution in [1.82, 2.24) is 5.32 Å². The molecular formula is C13H18F3NO2. The van der Waals surface area contributed by atoms with E-state index < -0.39 is 19.6 Å². The zero-order valence-corrected chi connectivity index (χ0v) is 11.2. The number of halogens is 3. The molecule has 0 saturated heterocycles. The molecular weight excluding hydrogens is 259 g/mol. The summed E-state index contributed by atoms with van der Waals surface area (Å²) < 4.78 is 45.1. The number of aryl methyl sites for hydroxylation is 1.